The zero-order valence-corrected chi connectivity index (χ0v) is 50.2. The van der Waals surface area contributed by atoms with E-state index in [2.05, 4.69) is 21.3 Å². The van der Waals surface area contributed by atoms with Gasteiger partial charge in [-0.2, -0.15) is 0 Å². The number of nitrogens with zero attached hydrogens (tertiary/aromatic N) is 2. The largest absolute Gasteiger partial charge is 0.463 e. The predicted octanol–water partition coefficient (Wildman–Crippen LogP) is 9.46. The van der Waals surface area contributed by atoms with E-state index in [1.54, 1.807) is 90.0 Å². The number of rotatable bonds is 22. The average molecular weight is 1070 g/mol. The van der Waals surface area contributed by atoms with Crippen LogP contribution in [0.25, 0.3) is 0 Å². The number of ether oxygens (including phenoxy) is 2. The fourth-order valence-corrected chi connectivity index (χ4v) is 9.22. The van der Waals surface area contributed by atoms with Crippen LogP contribution in [-0.2, 0) is 49.1 Å². The molecule has 0 aliphatic rings. The number of carbonyl (C=O) groups excluding carboxylic acids is 6. The van der Waals surface area contributed by atoms with Crippen LogP contribution < -0.4 is 21.3 Å². The number of amides is 4. The fourth-order valence-electron chi connectivity index (χ4n) is 8.84. The molecule has 2 rings (SSSR count). The van der Waals surface area contributed by atoms with Crippen LogP contribution in [0, 0.1) is 22.7 Å². The molecule has 416 valence electrons. The van der Waals surface area contributed by atoms with Crippen LogP contribution >= 0.6 is 23.2 Å². The van der Waals surface area contributed by atoms with Crippen LogP contribution in [0.5, 0.6) is 0 Å². The third kappa shape index (κ3) is 18.8. The summed E-state index contributed by atoms with van der Waals surface area (Å²) in [6.07, 6.45) is 3.53. The monoisotopic (exact) mass is 1070 g/mol. The molecule has 0 aromatic heterocycles. The lowest BCUT2D eigenvalue weighted by molar-refractivity contribution is -0.141. The van der Waals surface area contributed by atoms with Crippen LogP contribution in [0.15, 0.2) is 71.8 Å². The molecule has 0 bridgehead atoms. The molecule has 0 heterocycles. The predicted molar refractivity (Wildman–Crippen MR) is 301 cm³/mol. The lowest BCUT2D eigenvalue weighted by Crippen LogP contribution is -2.61. The molecule has 14 nitrogen and oxygen atoms in total. The summed E-state index contributed by atoms with van der Waals surface area (Å²) >= 11 is 12.4. The number of hydrogen-bond acceptors (Lipinski definition) is 10. The minimum Gasteiger partial charge on any atom is -0.463 e. The van der Waals surface area contributed by atoms with Crippen LogP contribution in [0.1, 0.15) is 136 Å². The first kappa shape index (κ1) is 67.3. The summed E-state index contributed by atoms with van der Waals surface area (Å²) in [5.74, 6) is -1.79. The minimum atomic E-state index is -0.798. The second-order valence-electron chi connectivity index (χ2n) is 23.0. The molecule has 0 aliphatic carbocycles. The van der Waals surface area contributed by atoms with Crippen LogP contribution in [0.2, 0.25) is 10.0 Å². The highest BCUT2D eigenvalue weighted by atomic mass is 35.5. The van der Waals surface area contributed by atoms with Gasteiger partial charge in [-0.15, -0.1) is 0 Å². The second-order valence-corrected chi connectivity index (χ2v) is 23.9. The highest BCUT2D eigenvalue weighted by Gasteiger charge is 2.44. The van der Waals surface area contributed by atoms with E-state index in [9.17, 15) is 28.8 Å². The molecule has 0 saturated carbocycles. The van der Waals surface area contributed by atoms with Crippen LogP contribution in [0.4, 0.5) is 0 Å². The maximum absolute atomic E-state index is 13.9. The quantitative estimate of drug-likeness (QED) is 0.0657. The van der Waals surface area contributed by atoms with Gasteiger partial charge >= 0.3 is 11.9 Å². The Kier molecular flexibility index (Phi) is 26.3. The van der Waals surface area contributed by atoms with Crippen LogP contribution in [0.3, 0.4) is 0 Å². The van der Waals surface area contributed by atoms with Crippen LogP contribution in [-0.4, -0.2) is 123 Å². The molecule has 2 unspecified atom stereocenters. The third-order valence-corrected chi connectivity index (χ3v) is 13.9. The summed E-state index contributed by atoms with van der Waals surface area (Å²) in [6, 6.07) is 11.3. The number of likely N-dealkylation sites (N-methyl/N-ethyl adjacent to an activating group) is 4. The van der Waals surface area contributed by atoms with Crippen molar-refractivity contribution in [2.24, 2.45) is 22.7 Å². The number of hydrogen-bond donors (Lipinski definition) is 4. The van der Waals surface area contributed by atoms with Crippen molar-refractivity contribution >= 4 is 58.8 Å². The van der Waals surface area contributed by atoms with Gasteiger partial charge in [0.1, 0.15) is 12.1 Å². The number of carbonyl (C=O) groups is 6. The van der Waals surface area contributed by atoms with Gasteiger partial charge in [0.25, 0.3) is 0 Å². The molecule has 4 amide bonds. The number of benzene rings is 2. The molecule has 16 heteroatoms. The van der Waals surface area contributed by atoms with E-state index in [1.807, 2.05) is 133 Å². The Morgan fingerprint density at radius 2 is 0.851 bits per heavy atom. The third-order valence-electron chi connectivity index (χ3n) is 13.5. The highest BCUT2D eigenvalue weighted by molar-refractivity contribution is 6.31. The van der Waals surface area contributed by atoms with Gasteiger partial charge in [-0.25, -0.2) is 9.59 Å². The van der Waals surface area contributed by atoms with Crippen molar-refractivity contribution in [2.75, 3.05) is 41.4 Å². The zero-order chi connectivity index (χ0) is 57.4. The van der Waals surface area contributed by atoms with E-state index < -0.39 is 57.8 Å². The Bertz CT molecular complexity index is 2120. The first-order chi connectivity index (χ1) is 34.0. The fraction of sp³-hybridized carbons (Fsp3) is 0.621. The molecular formula is C58H92Cl2N6O8. The van der Waals surface area contributed by atoms with Crippen molar-refractivity contribution in [1.82, 2.24) is 31.1 Å². The average Bonchev–Trinajstić information content (AvgIpc) is 3.29. The van der Waals surface area contributed by atoms with Gasteiger partial charge in [0.2, 0.25) is 23.6 Å². The van der Waals surface area contributed by atoms with Crippen molar-refractivity contribution in [3.63, 3.8) is 0 Å². The van der Waals surface area contributed by atoms with Gasteiger partial charge in [-0.1, -0.05) is 157 Å². The SMILES string of the molecule is CCOC(=O)/C(C)=C/[C@H](C(C)C)N(C)C(=O)C(NC(=O)[C@@H](NC)C(C)(C)c1cccc(Cl)c1)C(C)(C)C.CCOC(=O)/C(C)=C/[C@H](C(C)C)N(C)C(=O)C(NC(=O)[C@H](NC)C(C)(C)c1cccc(Cl)c1)C(C)(C)C. The Morgan fingerprint density at radius 3 is 1.08 bits per heavy atom. The van der Waals surface area contributed by atoms with E-state index >= 15 is 0 Å². The highest BCUT2D eigenvalue weighted by Crippen LogP contribution is 2.33. The lowest BCUT2D eigenvalue weighted by atomic mass is 9.76. The molecule has 0 aliphatic heterocycles. The smallest absolute Gasteiger partial charge is 0.333 e. The van der Waals surface area contributed by atoms with Gasteiger partial charge in [-0.05, 0) is 99.8 Å². The van der Waals surface area contributed by atoms with E-state index in [1.165, 1.54) is 0 Å². The van der Waals surface area contributed by atoms with Gasteiger partial charge in [-0.3, -0.25) is 19.2 Å². The van der Waals surface area contributed by atoms with E-state index in [0.717, 1.165) is 11.1 Å². The summed E-state index contributed by atoms with van der Waals surface area (Å²) < 4.78 is 10.2. The maximum atomic E-state index is 13.9. The lowest BCUT2D eigenvalue weighted by Gasteiger charge is -2.40. The molecule has 6 atom stereocenters. The Balaban J connectivity index is 0.000000740. The van der Waals surface area contributed by atoms with Gasteiger partial charge in [0.05, 0.1) is 37.4 Å². The molecule has 2 aromatic carbocycles. The second kappa shape index (κ2) is 28.9. The molecular weight excluding hydrogens is 980 g/mol. The molecule has 4 N–H and O–H groups in total. The molecule has 0 saturated heterocycles. The molecule has 0 spiro atoms. The van der Waals surface area contributed by atoms with Crippen molar-refractivity contribution in [3.8, 4) is 0 Å². The zero-order valence-electron chi connectivity index (χ0n) is 48.7. The standard InChI is InChI=1S/2C29H46ClN3O4/c2*1-12-37-27(36)19(4)16-22(18(2)3)33(11)26(35)24(28(5,6)7)32-25(34)23(31-10)29(8,9)20-14-13-15-21(30)17-20/h2*13-18,22-24,31H,12H2,1-11H3,(H,32,34)/b2*19-16+/t22-,23+,24?;22-,23-,24?/m11/s1. The molecule has 0 fully saturated rings. The summed E-state index contributed by atoms with van der Waals surface area (Å²) in [4.78, 5) is 82.6. The first-order valence-electron chi connectivity index (χ1n) is 25.7. The van der Waals surface area contributed by atoms with Gasteiger partial charge < -0.3 is 40.5 Å². The molecule has 74 heavy (non-hydrogen) atoms. The van der Waals surface area contributed by atoms with E-state index in [-0.39, 0.29) is 60.8 Å². The molecule has 2 aromatic rings. The minimum absolute atomic E-state index is 0.0291. The Hall–Kier alpha value is -4.76. The summed E-state index contributed by atoms with van der Waals surface area (Å²) in [5, 5.41) is 13.5. The van der Waals surface area contributed by atoms with Crippen molar-refractivity contribution in [1.29, 1.82) is 0 Å². The van der Waals surface area contributed by atoms with E-state index in [4.69, 9.17) is 32.7 Å². The number of halogens is 2. The Labute approximate surface area is 454 Å². The maximum Gasteiger partial charge on any atom is 0.333 e. The summed E-state index contributed by atoms with van der Waals surface area (Å²) in [5.41, 5.74) is 0.337. The van der Waals surface area contributed by atoms with E-state index in [0.29, 0.717) is 21.2 Å². The number of nitrogens with one attached hydrogen (secondary N) is 4. The summed E-state index contributed by atoms with van der Waals surface area (Å²) in [6.45, 7) is 34.8. The van der Waals surface area contributed by atoms with Crippen molar-refractivity contribution in [2.45, 2.75) is 172 Å². The van der Waals surface area contributed by atoms with Crippen molar-refractivity contribution < 1.29 is 38.2 Å². The van der Waals surface area contributed by atoms with Crippen molar-refractivity contribution in [3.05, 3.63) is 93.0 Å². The Morgan fingerprint density at radius 1 is 0.554 bits per heavy atom. The normalized spacial score (nSPS) is 15.1. The number of esters is 2. The van der Waals surface area contributed by atoms with Gasteiger partial charge in [0, 0.05) is 46.1 Å². The first-order valence-corrected chi connectivity index (χ1v) is 26.4. The summed E-state index contributed by atoms with van der Waals surface area (Å²) in [7, 11) is 6.87. The molecule has 0 radical (unpaired) electrons. The topological polar surface area (TPSA) is 175 Å². The van der Waals surface area contributed by atoms with Gasteiger partial charge in [0.15, 0.2) is 0 Å².